The average Bonchev–Trinajstić information content (AvgIpc) is 3.67. The second-order valence-electron chi connectivity index (χ2n) is 11.3. The third-order valence-corrected chi connectivity index (χ3v) is 7.17. The molecule has 2 aromatic carbocycles. The van der Waals surface area contributed by atoms with Crippen LogP contribution in [0.1, 0.15) is 62.6 Å². The third kappa shape index (κ3) is 7.93. The lowest BCUT2D eigenvalue weighted by molar-refractivity contribution is -0.134. The molecule has 1 aliphatic carbocycles. The van der Waals surface area contributed by atoms with E-state index in [1.165, 1.54) is 24.3 Å². The molecule has 1 saturated carbocycles. The number of esters is 1. The van der Waals surface area contributed by atoms with Gasteiger partial charge in [-0.15, -0.1) is 0 Å². The zero-order chi connectivity index (χ0) is 26.4. The molecular formula is C31H40N2O4. The standard InChI is InChI=1S/C31H40N2O4/c1-31(2,3)37-30(35)33(28-20-27(28)26-8-6-5-7-9-26)22-25-16-18-32(19-17-25)21-24-12-10-23(11-13-24)14-15-29(34)36-4/h5-15,25,27-28H,16-22H2,1-4H3/b15-14+/t27-,28+/m0/s1. The van der Waals surface area contributed by atoms with Gasteiger partial charge >= 0.3 is 12.1 Å². The number of carbonyl (C=O) groups is 2. The number of nitrogens with zero attached hydrogens (tertiary/aromatic N) is 2. The minimum atomic E-state index is -0.500. The van der Waals surface area contributed by atoms with Gasteiger partial charge in [0.05, 0.1) is 7.11 Å². The number of likely N-dealkylation sites (tertiary alicyclic amines) is 1. The largest absolute Gasteiger partial charge is 0.466 e. The molecule has 37 heavy (non-hydrogen) atoms. The Balaban J connectivity index is 1.30. The fourth-order valence-electron chi connectivity index (χ4n) is 5.08. The summed E-state index contributed by atoms with van der Waals surface area (Å²) in [4.78, 5) is 29.0. The molecule has 0 N–H and O–H groups in total. The van der Waals surface area contributed by atoms with Gasteiger partial charge in [0, 0.05) is 31.1 Å². The lowest BCUT2D eigenvalue weighted by Gasteiger charge is -2.36. The van der Waals surface area contributed by atoms with Crippen molar-refractivity contribution in [2.75, 3.05) is 26.7 Å². The lowest BCUT2D eigenvalue weighted by Crippen LogP contribution is -2.44. The summed E-state index contributed by atoms with van der Waals surface area (Å²) in [5.74, 6) is 0.528. The summed E-state index contributed by atoms with van der Waals surface area (Å²) in [6.07, 6.45) is 6.17. The first-order valence-corrected chi connectivity index (χ1v) is 13.3. The second kappa shape index (κ2) is 12.0. The molecule has 2 atom stereocenters. The Morgan fingerprint density at radius 3 is 2.32 bits per heavy atom. The van der Waals surface area contributed by atoms with E-state index in [0.717, 1.165) is 51.0 Å². The van der Waals surface area contributed by atoms with Gasteiger partial charge in [-0.2, -0.15) is 0 Å². The fraction of sp³-hybridized carbons (Fsp3) is 0.484. The van der Waals surface area contributed by atoms with E-state index in [4.69, 9.17) is 4.74 Å². The third-order valence-electron chi connectivity index (χ3n) is 7.17. The maximum absolute atomic E-state index is 13.2. The van der Waals surface area contributed by atoms with Gasteiger partial charge in [0.2, 0.25) is 0 Å². The zero-order valence-electron chi connectivity index (χ0n) is 22.6. The van der Waals surface area contributed by atoms with Crippen LogP contribution in [0.3, 0.4) is 0 Å². The molecule has 0 aromatic heterocycles. The van der Waals surface area contributed by atoms with Crippen molar-refractivity contribution in [1.29, 1.82) is 0 Å². The summed E-state index contributed by atoms with van der Waals surface area (Å²) < 4.78 is 10.5. The predicted molar refractivity (Wildman–Crippen MR) is 146 cm³/mol. The second-order valence-corrected chi connectivity index (χ2v) is 11.3. The van der Waals surface area contributed by atoms with Gasteiger partial charge in [0.1, 0.15) is 5.60 Å². The Bertz CT molecular complexity index is 1070. The quantitative estimate of drug-likeness (QED) is 0.332. The van der Waals surface area contributed by atoms with Crippen LogP contribution >= 0.6 is 0 Å². The van der Waals surface area contributed by atoms with Crippen molar-refractivity contribution in [2.24, 2.45) is 5.92 Å². The summed E-state index contributed by atoms with van der Waals surface area (Å²) in [5, 5.41) is 0. The fourth-order valence-corrected chi connectivity index (χ4v) is 5.08. The summed E-state index contributed by atoms with van der Waals surface area (Å²) >= 11 is 0. The van der Waals surface area contributed by atoms with Crippen molar-refractivity contribution < 1.29 is 19.1 Å². The number of ether oxygens (including phenoxy) is 2. The Hall–Kier alpha value is -3.12. The zero-order valence-corrected chi connectivity index (χ0v) is 22.6. The van der Waals surface area contributed by atoms with Gasteiger partial charge in [-0.1, -0.05) is 54.6 Å². The number of hydrogen-bond donors (Lipinski definition) is 0. The lowest BCUT2D eigenvalue weighted by atomic mass is 9.95. The molecule has 2 aliphatic rings. The first-order valence-electron chi connectivity index (χ1n) is 13.3. The predicted octanol–water partition coefficient (Wildman–Crippen LogP) is 5.88. The van der Waals surface area contributed by atoms with E-state index in [9.17, 15) is 9.59 Å². The van der Waals surface area contributed by atoms with Crippen molar-refractivity contribution in [3.05, 3.63) is 77.4 Å². The van der Waals surface area contributed by atoms with E-state index < -0.39 is 5.60 Å². The van der Waals surface area contributed by atoms with Crippen LogP contribution in [0.4, 0.5) is 4.79 Å². The highest BCUT2D eigenvalue weighted by Crippen LogP contribution is 2.45. The monoisotopic (exact) mass is 504 g/mol. The molecule has 1 heterocycles. The number of piperidine rings is 1. The van der Waals surface area contributed by atoms with E-state index in [1.807, 2.05) is 43.9 Å². The Morgan fingerprint density at radius 1 is 1.03 bits per heavy atom. The van der Waals surface area contributed by atoms with Gasteiger partial charge in [-0.25, -0.2) is 9.59 Å². The van der Waals surface area contributed by atoms with Gasteiger partial charge < -0.3 is 14.4 Å². The van der Waals surface area contributed by atoms with Crippen LogP contribution in [0.2, 0.25) is 0 Å². The number of benzene rings is 2. The van der Waals surface area contributed by atoms with Gasteiger partial charge in [-0.05, 0) is 81.8 Å². The molecule has 0 unspecified atom stereocenters. The van der Waals surface area contributed by atoms with E-state index in [2.05, 4.69) is 46.0 Å². The maximum atomic E-state index is 13.2. The maximum Gasteiger partial charge on any atom is 0.410 e. The van der Waals surface area contributed by atoms with Crippen molar-refractivity contribution in [3.8, 4) is 0 Å². The van der Waals surface area contributed by atoms with Crippen molar-refractivity contribution in [2.45, 2.75) is 64.1 Å². The Kier molecular flexibility index (Phi) is 8.70. The van der Waals surface area contributed by atoms with E-state index >= 15 is 0 Å². The van der Waals surface area contributed by atoms with Gasteiger partial charge in [0.25, 0.3) is 0 Å². The van der Waals surface area contributed by atoms with Crippen LogP contribution in [0, 0.1) is 5.92 Å². The highest BCUT2D eigenvalue weighted by atomic mass is 16.6. The number of amides is 1. The summed E-state index contributed by atoms with van der Waals surface area (Å²) in [5.41, 5.74) is 3.04. The molecule has 1 amide bonds. The normalized spacial score (nSPS) is 20.5. The van der Waals surface area contributed by atoms with Crippen LogP contribution in [-0.4, -0.2) is 60.2 Å². The molecular weight excluding hydrogens is 464 g/mol. The molecule has 6 heteroatoms. The first kappa shape index (κ1) is 26.9. The minimum Gasteiger partial charge on any atom is -0.466 e. The topological polar surface area (TPSA) is 59.1 Å². The molecule has 4 rings (SSSR count). The van der Waals surface area contributed by atoms with Crippen molar-refractivity contribution in [1.82, 2.24) is 9.80 Å². The molecule has 6 nitrogen and oxygen atoms in total. The number of rotatable bonds is 8. The van der Waals surface area contributed by atoms with E-state index in [-0.39, 0.29) is 18.1 Å². The van der Waals surface area contributed by atoms with E-state index in [0.29, 0.717) is 11.8 Å². The first-order chi connectivity index (χ1) is 17.7. The number of carbonyl (C=O) groups excluding carboxylic acids is 2. The number of methoxy groups -OCH3 is 1. The van der Waals surface area contributed by atoms with Gasteiger partial charge in [-0.3, -0.25) is 4.90 Å². The Labute approximate surface area is 221 Å². The molecule has 1 aliphatic heterocycles. The summed E-state index contributed by atoms with van der Waals surface area (Å²) in [6, 6.07) is 19.0. The molecule has 0 bridgehead atoms. The Morgan fingerprint density at radius 2 is 1.70 bits per heavy atom. The number of hydrogen-bond acceptors (Lipinski definition) is 5. The SMILES string of the molecule is COC(=O)/C=C/c1ccc(CN2CCC(CN(C(=O)OC(C)(C)C)[C@@H]3C[C@H]3c3ccccc3)CC2)cc1. The van der Waals surface area contributed by atoms with Crippen LogP contribution < -0.4 is 0 Å². The molecule has 1 saturated heterocycles. The van der Waals surface area contributed by atoms with Gasteiger partial charge in [0.15, 0.2) is 0 Å². The molecule has 2 aromatic rings. The highest BCUT2D eigenvalue weighted by molar-refractivity contribution is 5.86. The smallest absolute Gasteiger partial charge is 0.410 e. The van der Waals surface area contributed by atoms with Crippen LogP contribution in [0.5, 0.6) is 0 Å². The highest BCUT2D eigenvalue weighted by Gasteiger charge is 2.46. The average molecular weight is 505 g/mol. The molecule has 198 valence electrons. The molecule has 0 spiro atoms. The molecule has 0 radical (unpaired) electrons. The van der Waals surface area contributed by atoms with Crippen LogP contribution in [-0.2, 0) is 20.8 Å². The van der Waals surface area contributed by atoms with Crippen molar-refractivity contribution in [3.63, 3.8) is 0 Å². The van der Waals surface area contributed by atoms with Crippen LogP contribution in [0.25, 0.3) is 6.08 Å². The van der Waals surface area contributed by atoms with Crippen molar-refractivity contribution >= 4 is 18.1 Å². The summed E-state index contributed by atoms with van der Waals surface area (Å²) in [6.45, 7) is 9.51. The minimum absolute atomic E-state index is 0.181. The molecule has 2 fully saturated rings. The summed E-state index contributed by atoms with van der Waals surface area (Å²) in [7, 11) is 1.38. The van der Waals surface area contributed by atoms with E-state index in [1.54, 1.807) is 6.08 Å². The van der Waals surface area contributed by atoms with Crippen LogP contribution in [0.15, 0.2) is 60.7 Å².